The average Bonchev–Trinajstić information content (AvgIpc) is 1.74. The molecule has 25 nitrogen and oxygen atoms in total. The summed E-state index contributed by atoms with van der Waals surface area (Å²) in [6, 6.07) is -7.83. The molecule has 10 atom stereocenters. The first-order valence-corrected chi connectivity index (χ1v) is 37.4. The molecule has 7 fully saturated rings. The van der Waals surface area contributed by atoms with Gasteiger partial charge in [-0.3, -0.25) is 57.5 Å². The molecule has 4 saturated heterocycles. The van der Waals surface area contributed by atoms with Crippen LogP contribution in [0.25, 0.3) is 0 Å². The van der Waals surface area contributed by atoms with Crippen molar-refractivity contribution in [3.8, 4) is 0 Å². The first-order valence-electron chi connectivity index (χ1n) is 37.0. The summed E-state index contributed by atoms with van der Waals surface area (Å²) in [4.78, 5) is 193. The highest BCUT2D eigenvalue weighted by Gasteiger charge is 2.52. The van der Waals surface area contributed by atoms with E-state index in [1.807, 2.05) is 20.8 Å². The Kier molecular flexibility index (Phi) is 27.7. The molecule has 102 heavy (non-hydrogen) atoms. The lowest BCUT2D eigenvalue weighted by atomic mass is 9.84. The normalized spacial score (nSPS) is 28.4. The average molecular weight is 1460 g/mol. The van der Waals surface area contributed by atoms with Crippen molar-refractivity contribution in [2.75, 3.05) is 88.2 Å². The molecule has 4 heterocycles. The van der Waals surface area contributed by atoms with Gasteiger partial charge >= 0.3 is 6.18 Å². The van der Waals surface area contributed by atoms with E-state index < -0.39 is 172 Å². The van der Waals surface area contributed by atoms with Gasteiger partial charge in [0.15, 0.2) is 0 Å². The highest BCUT2D eigenvalue weighted by molar-refractivity contribution is 6.31. The van der Waals surface area contributed by atoms with Crippen LogP contribution in [-0.4, -0.2) is 263 Å². The van der Waals surface area contributed by atoms with Crippen molar-refractivity contribution in [1.82, 2.24) is 60.0 Å². The zero-order valence-electron chi connectivity index (χ0n) is 61.6. The summed E-state index contributed by atoms with van der Waals surface area (Å²) in [6.45, 7) is 9.13. The molecule has 1 aromatic rings. The third-order valence-electron chi connectivity index (χ3n) is 23.0. The van der Waals surface area contributed by atoms with Crippen LogP contribution in [-0.2, 0) is 74.9 Å². The second kappa shape index (κ2) is 35.1. The smallest absolute Gasteiger partial charge is 0.378 e. The number of morpholine rings is 1. The van der Waals surface area contributed by atoms with Gasteiger partial charge in [-0.15, -0.1) is 0 Å². The molecule has 1 spiro atoms. The predicted octanol–water partition coefficient (Wildman–Crippen LogP) is 5.41. The number of hydrogen-bond acceptors (Lipinski definition) is 13. The maximum atomic E-state index is 15.7. The molecule has 7 aliphatic rings. The SMILES string of the molecule is CC[C@H](C)C1NC(=O)[C@@H](CC(C)C)N(C)C(=O)C[C@@H](C(=O)N2CCOCC2)N(C)C(=O)[C@H](C2CCCC2)N(C)C(=O)C2(CCCC2)NC(=O)[C@@H]2CCCN2C(=O)[C@H](CCc2ccc(C(F)(F)F)c(Cl)c2)NC(=O)CN(C)C(=O)[C@H](CC2CCCCC2)N(C)C(=O)[C@@H]2CCN2C(=O)[C@H](C)N(C)C1=O. The van der Waals surface area contributed by atoms with E-state index in [9.17, 15) is 37.1 Å². The molecule has 0 aromatic heterocycles. The lowest BCUT2D eigenvalue weighted by molar-refractivity contribution is -0.160. The van der Waals surface area contributed by atoms with Crippen molar-refractivity contribution < 1.29 is 75.4 Å². The maximum absolute atomic E-state index is 15.7. The second-order valence-corrected chi connectivity index (χ2v) is 30.7. The van der Waals surface area contributed by atoms with Crippen LogP contribution in [0, 0.1) is 23.7 Å². The quantitative estimate of drug-likeness (QED) is 0.250. The van der Waals surface area contributed by atoms with Crippen molar-refractivity contribution in [3.63, 3.8) is 0 Å². The van der Waals surface area contributed by atoms with Crippen LogP contribution in [0.2, 0.25) is 5.02 Å². The second-order valence-electron chi connectivity index (χ2n) is 30.3. The fourth-order valence-corrected chi connectivity index (χ4v) is 16.5. The van der Waals surface area contributed by atoms with Crippen LogP contribution in [0.15, 0.2) is 18.2 Å². The van der Waals surface area contributed by atoms with Gasteiger partial charge in [-0.2, -0.15) is 13.2 Å². The van der Waals surface area contributed by atoms with Crippen LogP contribution in [0.5, 0.6) is 0 Å². The van der Waals surface area contributed by atoms with Gasteiger partial charge in [-0.05, 0) is 119 Å². The minimum atomic E-state index is -4.76. The van der Waals surface area contributed by atoms with Gasteiger partial charge in [-0.1, -0.05) is 110 Å². The van der Waals surface area contributed by atoms with Gasteiger partial charge in [0.1, 0.15) is 59.9 Å². The largest absolute Gasteiger partial charge is 0.417 e. The van der Waals surface area contributed by atoms with Crippen LogP contribution in [0.4, 0.5) is 13.2 Å². The molecule has 8 rings (SSSR count). The van der Waals surface area contributed by atoms with Crippen molar-refractivity contribution in [2.24, 2.45) is 23.7 Å². The number of carbonyl (C=O) groups is 12. The van der Waals surface area contributed by atoms with E-state index in [-0.39, 0.29) is 103 Å². The summed E-state index contributed by atoms with van der Waals surface area (Å²) in [5.41, 5.74) is -2.35. The molecule has 0 radical (unpaired) electrons. The minimum absolute atomic E-state index is 0.0212. The molecule has 3 saturated carbocycles. The Morgan fingerprint density at radius 2 is 1.29 bits per heavy atom. The number of alkyl halides is 3. The molecular formula is C73H110ClF3N12O13. The lowest BCUT2D eigenvalue weighted by Gasteiger charge is -2.45. The highest BCUT2D eigenvalue weighted by atomic mass is 35.5. The number of halogens is 4. The van der Waals surface area contributed by atoms with Gasteiger partial charge in [0, 0.05) is 68.5 Å². The fourth-order valence-electron chi connectivity index (χ4n) is 16.2. The number of nitrogens with zero attached hydrogens (tertiary/aromatic N) is 9. The van der Waals surface area contributed by atoms with Crippen molar-refractivity contribution in [1.29, 1.82) is 0 Å². The van der Waals surface area contributed by atoms with Crippen LogP contribution in [0.3, 0.4) is 0 Å². The lowest BCUT2D eigenvalue weighted by Crippen LogP contribution is -2.65. The summed E-state index contributed by atoms with van der Waals surface area (Å²) in [5, 5.41) is 8.22. The number of nitrogens with one attached hydrogen (secondary N) is 3. The molecular weight excluding hydrogens is 1350 g/mol. The minimum Gasteiger partial charge on any atom is -0.378 e. The topological polar surface area (TPSA) is 279 Å². The van der Waals surface area contributed by atoms with Gasteiger partial charge < -0.3 is 64.8 Å². The number of amides is 12. The maximum Gasteiger partial charge on any atom is 0.417 e. The van der Waals surface area contributed by atoms with E-state index in [2.05, 4.69) is 16.0 Å². The zero-order chi connectivity index (χ0) is 74.8. The van der Waals surface area contributed by atoms with Gasteiger partial charge in [0.05, 0.1) is 36.8 Å². The number of aryl methyl sites for hydroxylation is 1. The third-order valence-corrected chi connectivity index (χ3v) is 23.3. The van der Waals surface area contributed by atoms with Crippen LogP contribution in [0.1, 0.15) is 181 Å². The highest BCUT2D eigenvalue weighted by Crippen LogP contribution is 2.39. The van der Waals surface area contributed by atoms with E-state index in [0.717, 1.165) is 62.0 Å². The summed E-state index contributed by atoms with van der Waals surface area (Å²) in [5.74, 6) is -8.70. The fraction of sp³-hybridized carbons (Fsp3) is 0.753. The standard InChI is InChI=1S/C73H110ClF3N12O13/c1-12-45(4)60-69(99)82(7)46(5)64(94)89-34-30-54(89)67(97)84(9)56(41-47-21-14-13-15-22-47)66(96)81(6)43-58(90)78-52(29-27-48-26-28-50(51(74)40-48)73(75,76)77)65(95)88-33-20-25-53(88)63(93)80-72(31-18-19-32-72)71(101)86(11)61(49-23-16-17-24-49)70(100)85(10)57(68(98)87-35-37-102-38-36-87)42-59(91)83(8)55(39-44(2)3)62(92)79-60/h26,28,40,44-47,49,52-57,60-61H,12-25,27,29-39,41-43H2,1-11H3,(H,78,90)(H,79,92)(H,80,93)/t45-,46-,52-,53-,54-,55+,56-,57-,60?,61-/m0/s1. The number of likely N-dealkylation sites (N-methyl/N-ethyl adjacent to an activating group) is 6. The summed E-state index contributed by atoms with van der Waals surface area (Å²) in [7, 11) is 8.68. The van der Waals surface area contributed by atoms with E-state index in [1.165, 1.54) is 94.5 Å². The first-order chi connectivity index (χ1) is 48.2. The molecule has 3 N–H and O–H groups in total. The molecule has 29 heteroatoms. The zero-order valence-corrected chi connectivity index (χ0v) is 62.3. The molecule has 3 aliphatic carbocycles. The first kappa shape index (κ1) is 80.6. The molecule has 12 amide bonds. The summed E-state index contributed by atoms with van der Waals surface area (Å²) < 4.78 is 47.3. The van der Waals surface area contributed by atoms with Crippen LogP contribution < -0.4 is 16.0 Å². The van der Waals surface area contributed by atoms with E-state index in [0.29, 0.717) is 44.1 Å². The van der Waals surface area contributed by atoms with E-state index >= 15 is 33.6 Å². The molecule has 1 aromatic carbocycles. The number of carbonyl (C=O) groups excluding carboxylic acids is 12. The summed E-state index contributed by atoms with van der Waals surface area (Å²) in [6.07, 6.45) is 4.07. The van der Waals surface area contributed by atoms with Crippen molar-refractivity contribution >= 4 is 82.5 Å². The van der Waals surface area contributed by atoms with Gasteiger partial charge in [0.2, 0.25) is 70.9 Å². The molecule has 4 aliphatic heterocycles. The van der Waals surface area contributed by atoms with Gasteiger partial charge in [0.25, 0.3) is 0 Å². The van der Waals surface area contributed by atoms with Crippen LogP contribution >= 0.6 is 11.6 Å². The van der Waals surface area contributed by atoms with Crippen molar-refractivity contribution in [3.05, 3.63) is 34.3 Å². The van der Waals surface area contributed by atoms with E-state index in [4.69, 9.17) is 16.3 Å². The van der Waals surface area contributed by atoms with Gasteiger partial charge in [-0.25, -0.2) is 0 Å². The Morgan fingerprint density at radius 1 is 0.657 bits per heavy atom. The predicted molar refractivity (Wildman–Crippen MR) is 373 cm³/mol. The number of benzene rings is 1. The number of hydrogen-bond donors (Lipinski definition) is 3. The number of fused-ring (bicyclic) bond motifs is 2. The molecule has 1 unspecified atom stereocenters. The molecule has 568 valence electrons. The number of ether oxygens (including phenoxy) is 1. The van der Waals surface area contributed by atoms with Crippen molar-refractivity contribution in [2.45, 2.75) is 242 Å². The Labute approximate surface area is 603 Å². The molecule has 0 bridgehead atoms. The number of rotatable bonds is 11. The Balaban J connectivity index is 1.18. The summed E-state index contributed by atoms with van der Waals surface area (Å²) >= 11 is 6.17. The Morgan fingerprint density at radius 3 is 1.89 bits per heavy atom. The Bertz CT molecular complexity index is 3230. The Hall–Kier alpha value is -7.10. The third kappa shape index (κ3) is 18.7. The monoisotopic (exact) mass is 1450 g/mol. The van der Waals surface area contributed by atoms with E-state index in [1.54, 1.807) is 6.92 Å².